The molecule has 0 bridgehead atoms. The molecule has 0 atom stereocenters. The summed E-state index contributed by atoms with van der Waals surface area (Å²) in [6, 6.07) is 11.9. The monoisotopic (exact) mass is 235 g/mol. The molecule has 2 heterocycles. The normalized spacial score (nSPS) is 13.7. The Morgan fingerprint density at radius 2 is 2.00 bits per heavy atom. The van der Waals surface area contributed by atoms with Crippen molar-refractivity contribution in [1.82, 2.24) is 10.3 Å². The maximum atomic E-state index is 8.78. The number of aromatic nitrogens is 1. The fraction of sp³-hybridized carbons (Fsp3) is 0.200. The van der Waals surface area contributed by atoms with Crippen LogP contribution in [0.2, 0.25) is 0 Å². The minimum atomic E-state index is 0.681. The van der Waals surface area contributed by atoms with Gasteiger partial charge < -0.3 is 5.32 Å². The average molecular weight is 235 g/mol. The van der Waals surface area contributed by atoms with Crippen molar-refractivity contribution in [2.24, 2.45) is 0 Å². The van der Waals surface area contributed by atoms with Crippen LogP contribution in [-0.2, 0) is 13.0 Å². The van der Waals surface area contributed by atoms with Gasteiger partial charge in [0.1, 0.15) is 0 Å². The highest BCUT2D eigenvalue weighted by Crippen LogP contribution is 2.22. The molecule has 3 heteroatoms. The lowest BCUT2D eigenvalue weighted by atomic mass is 10.00. The number of rotatable bonds is 1. The van der Waals surface area contributed by atoms with Crippen molar-refractivity contribution in [2.75, 3.05) is 6.54 Å². The van der Waals surface area contributed by atoms with Crippen molar-refractivity contribution in [3.63, 3.8) is 0 Å². The van der Waals surface area contributed by atoms with E-state index < -0.39 is 0 Å². The lowest BCUT2D eigenvalue weighted by molar-refractivity contribution is 0.641. The molecular weight excluding hydrogens is 222 g/mol. The summed E-state index contributed by atoms with van der Waals surface area (Å²) in [7, 11) is 0. The number of benzene rings is 1. The van der Waals surface area contributed by atoms with Crippen LogP contribution >= 0.6 is 0 Å². The Kier molecular flexibility index (Phi) is 2.79. The van der Waals surface area contributed by atoms with Crippen molar-refractivity contribution in [3.8, 4) is 17.3 Å². The van der Waals surface area contributed by atoms with Gasteiger partial charge in [-0.25, -0.2) is 0 Å². The molecule has 0 amide bonds. The Balaban J connectivity index is 1.98. The number of nitriles is 1. The van der Waals surface area contributed by atoms with Gasteiger partial charge in [-0.05, 0) is 42.3 Å². The van der Waals surface area contributed by atoms with Crippen LogP contribution in [0.1, 0.15) is 16.7 Å². The van der Waals surface area contributed by atoms with E-state index in [1.54, 1.807) is 0 Å². The van der Waals surface area contributed by atoms with Gasteiger partial charge in [-0.15, -0.1) is 0 Å². The van der Waals surface area contributed by atoms with Gasteiger partial charge in [0.15, 0.2) is 0 Å². The highest BCUT2D eigenvalue weighted by Gasteiger charge is 2.10. The molecule has 1 aliphatic heterocycles. The van der Waals surface area contributed by atoms with Gasteiger partial charge in [-0.1, -0.05) is 12.1 Å². The molecule has 3 nitrogen and oxygen atoms in total. The van der Waals surface area contributed by atoms with Gasteiger partial charge in [0.05, 0.1) is 17.3 Å². The number of hydrogen-bond acceptors (Lipinski definition) is 3. The Bertz CT molecular complexity index is 609. The minimum absolute atomic E-state index is 0.681. The maximum absolute atomic E-state index is 8.78. The molecule has 2 aromatic rings. The third-order valence-corrected chi connectivity index (χ3v) is 3.28. The van der Waals surface area contributed by atoms with Crippen molar-refractivity contribution >= 4 is 0 Å². The second-order valence-corrected chi connectivity index (χ2v) is 4.45. The van der Waals surface area contributed by atoms with Gasteiger partial charge in [0.2, 0.25) is 0 Å². The SMILES string of the molecule is N#Cc1ccc(-c2cc3c(cn2)CNCC3)cc1. The number of nitrogens with zero attached hydrogens (tertiary/aromatic N) is 2. The van der Waals surface area contributed by atoms with Crippen LogP contribution in [0.4, 0.5) is 0 Å². The highest BCUT2D eigenvalue weighted by molar-refractivity contribution is 5.61. The molecule has 88 valence electrons. The summed E-state index contributed by atoms with van der Waals surface area (Å²) in [6.07, 6.45) is 3.01. The molecule has 1 aromatic carbocycles. The summed E-state index contributed by atoms with van der Waals surface area (Å²) in [5.74, 6) is 0. The summed E-state index contributed by atoms with van der Waals surface area (Å²) in [4.78, 5) is 4.49. The summed E-state index contributed by atoms with van der Waals surface area (Å²) >= 11 is 0. The molecule has 0 spiro atoms. The summed E-state index contributed by atoms with van der Waals surface area (Å²) < 4.78 is 0. The first-order chi connectivity index (χ1) is 8.86. The molecule has 1 N–H and O–H groups in total. The Labute approximate surface area is 106 Å². The van der Waals surface area contributed by atoms with Gasteiger partial charge in [0.25, 0.3) is 0 Å². The highest BCUT2D eigenvalue weighted by atomic mass is 14.9. The van der Waals surface area contributed by atoms with Crippen LogP contribution in [0.25, 0.3) is 11.3 Å². The smallest absolute Gasteiger partial charge is 0.0991 e. The molecule has 1 aromatic heterocycles. The van der Waals surface area contributed by atoms with E-state index in [0.717, 1.165) is 30.8 Å². The zero-order valence-electron chi connectivity index (χ0n) is 9.98. The van der Waals surface area contributed by atoms with Crippen molar-refractivity contribution in [3.05, 3.63) is 53.2 Å². The predicted octanol–water partition coefficient (Wildman–Crippen LogP) is 2.27. The van der Waals surface area contributed by atoms with E-state index >= 15 is 0 Å². The van der Waals surface area contributed by atoms with Crippen LogP contribution in [0.5, 0.6) is 0 Å². The molecule has 0 aliphatic carbocycles. The van der Waals surface area contributed by atoms with Crippen molar-refractivity contribution in [2.45, 2.75) is 13.0 Å². The third-order valence-electron chi connectivity index (χ3n) is 3.28. The number of hydrogen-bond donors (Lipinski definition) is 1. The van der Waals surface area contributed by atoms with Crippen LogP contribution < -0.4 is 5.32 Å². The molecule has 0 unspecified atom stereocenters. The standard InChI is InChI=1S/C15H13N3/c16-8-11-1-3-12(4-2-11)15-7-13-5-6-17-9-14(13)10-18-15/h1-4,7,10,17H,5-6,9H2. The Morgan fingerprint density at radius 1 is 1.17 bits per heavy atom. The predicted molar refractivity (Wildman–Crippen MR) is 69.8 cm³/mol. The minimum Gasteiger partial charge on any atom is -0.312 e. The quantitative estimate of drug-likeness (QED) is 0.824. The molecule has 0 radical (unpaired) electrons. The Hall–Kier alpha value is -2.18. The average Bonchev–Trinajstić information content (AvgIpc) is 2.47. The van der Waals surface area contributed by atoms with Crippen molar-refractivity contribution in [1.29, 1.82) is 5.26 Å². The van der Waals surface area contributed by atoms with Gasteiger partial charge in [0, 0.05) is 18.3 Å². The second kappa shape index (κ2) is 4.59. The van der Waals surface area contributed by atoms with E-state index in [4.69, 9.17) is 5.26 Å². The largest absolute Gasteiger partial charge is 0.312 e. The first-order valence-corrected chi connectivity index (χ1v) is 6.06. The molecular formula is C15H13N3. The molecule has 3 rings (SSSR count). The fourth-order valence-corrected chi connectivity index (χ4v) is 2.24. The van der Waals surface area contributed by atoms with E-state index in [0.29, 0.717) is 5.56 Å². The molecule has 18 heavy (non-hydrogen) atoms. The molecule has 0 fully saturated rings. The zero-order chi connectivity index (χ0) is 12.4. The van der Waals surface area contributed by atoms with E-state index in [1.165, 1.54) is 11.1 Å². The van der Waals surface area contributed by atoms with Crippen LogP contribution in [-0.4, -0.2) is 11.5 Å². The van der Waals surface area contributed by atoms with Crippen LogP contribution in [0.3, 0.4) is 0 Å². The summed E-state index contributed by atoms with van der Waals surface area (Å²) in [5.41, 5.74) is 5.40. The van der Waals surface area contributed by atoms with Crippen LogP contribution in [0, 0.1) is 11.3 Å². The third kappa shape index (κ3) is 1.99. The van der Waals surface area contributed by atoms with Gasteiger partial charge in [-0.2, -0.15) is 5.26 Å². The van der Waals surface area contributed by atoms with E-state index in [2.05, 4.69) is 22.4 Å². The molecule has 0 saturated carbocycles. The zero-order valence-corrected chi connectivity index (χ0v) is 9.98. The lowest BCUT2D eigenvalue weighted by Crippen LogP contribution is -2.23. The first kappa shape index (κ1) is 10.9. The summed E-state index contributed by atoms with van der Waals surface area (Å²) in [5, 5.41) is 12.1. The van der Waals surface area contributed by atoms with E-state index in [1.807, 2.05) is 30.5 Å². The molecule has 1 aliphatic rings. The van der Waals surface area contributed by atoms with Gasteiger partial charge >= 0.3 is 0 Å². The number of pyridine rings is 1. The summed E-state index contributed by atoms with van der Waals surface area (Å²) in [6.45, 7) is 1.94. The van der Waals surface area contributed by atoms with E-state index in [-0.39, 0.29) is 0 Å². The topological polar surface area (TPSA) is 48.7 Å². The lowest BCUT2D eigenvalue weighted by Gasteiger charge is -2.17. The number of fused-ring (bicyclic) bond motifs is 1. The first-order valence-electron chi connectivity index (χ1n) is 6.06. The maximum Gasteiger partial charge on any atom is 0.0991 e. The van der Waals surface area contributed by atoms with E-state index in [9.17, 15) is 0 Å². The molecule has 0 saturated heterocycles. The fourth-order valence-electron chi connectivity index (χ4n) is 2.24. The Morgan fingerprint density at radius 3 is 2.78 bits per heavy atom. The van der Waals surface area contributed by atoms with Gasteiger partial charge in [-0.3, -0.25) is 4.98 Å². The second-order valence-electron chi connectivity index (χ2n) is 4.45. The number of nitrogens with one attached hydrogen (secondary N) is 1. The van der Waals surface area contributed by atoms with Crippen LogP contribution in [0.15, 0.2) is 36.5 Å². The van der Waals surface area contributed by atoms with Crippen molar-refractivity contribution < 1.29 is 0 Å².